The first-order chi connectivity index (χ1) is 9.39. The smallest absolute Gasteiger partial charge is 0.389 e. The minimum absolute atomic E-state index is 0.0942. The summed E-state index contributed by atoms with van der Waals surface area (Å²) in [6, 6.07) is 5.01. The third kappa shape index (κ3) is 4.84. The molecular formula is C12H15F3N2O2S. The lowest BCUT2D eigenvalue weighted by Crippen LogP contribution is -2.17. The fourth-order valence-corrected chi connectivity index (χ4v) is 2.18. The Labute approximate surface area is 118 Å². The Hall–Kier alpha value is -1.57. The van der Waals surface area contributed by atoms with E-state index in [1.165, 1.54) is 11.8 Å². The SMILES string of the molecule is CSc1cccc(OCCCC(F)(F)F)c1/C(N)=N/O. The summed E-state index contributed by atoms with van der Waals surface area (Å²) in [7, 11) is 0. The molecule has 0 unspecified atom stereocenters. The molecule has 0 aliphatic heterocycles. The van der Waals surface area contributed by atoms with Gasteiger partial charge in [0.25, 0.3) is 0 Å². The molecule has 0 fully saturated rings. The molecule has 0 atom stereocenters. The number of amidine groups is 1. The van der Waals surface area contributed by atoms with Crippen molar-refractivity contribution in [1.29, 1.82) is 0 Å². The average molecular weight is 308 g/mol. The van der Waals surface area contributed by atoms with Crippen LogP contribution in [0.2, 0.25) is 0 Å². The number of rotatable bonds is 6. The van der Waals surface area contributed by atoms with Crippen LogP contribution in [0.5, 0.6) is 5.75 Å². The molecule has 0 spiro atoms. The molecule has 4 nitrogen and oxygen atoms in total. The van der Waals surface area contributed by atoms with Gasteiger partial charge in [0.15, 0.2) is 5.84 Å². The summed E-state index contributed by atoms with van der Waals surface area (Å²) in [4.78, 5) is 0.716. The Morgan fingerprint density at radius 1 is 1.45 bits per heavy atom. The van der Waals surface area contributed by atoms with Gasteiger partial charge in [-0.3, -0.25) is 0 Å². The number of benzene rings is 1. The zero-order valence-corrected chi connectivity index (χ0v) is 11.6. The van der Waals surface area contributed by atoms with Crippen LogP contribution in [0.15, 0.2) is 28.3 Å². The molecule has 0 radical (unpaired) electrons. The van der Waals surface area contributed by atoms with E-state index < -0.39 is 12.6 Å². The maximum absolute atomic E-state index is 12.0. The number of nitrogens with zero attached hydrogens (tertiary/aromatic N) is 1. The summed E-state index contributed by atoms with van der Waals surface area (Å²) >= 11 is 1.36. The topological polar surface area (TPSA) is 67.8 Å². The lowest BCUT2D eigenvalue weighted by atomic mass is 10.2. The Morgan fingerprint density at radius 3 is 2.70 bits per heavy atom. The maximum atomic E-state index is 12.0. The van der Waals surface area contributed by atoms with Crippen molar-refractivity contribution in [3.63, 3.8) is 0 Å². The molecule has 0 heterocycles. The first-order valence-corrected chi connectivity index (χ1v) is 6.96. The molecule has 0 saturated heterocycles. The second-order valence-corrected chi connectivity index (χ2v) is 4.73. The van der Waals surface area contributed by atoms with E-state index in [1.807, 2.05) is 0 Å². The molecule has 0 aliphatic carbocycles. The summed E-state index contributed by atoms with van der Waals surface area (Å²) in [5.74, 6) is 0.162. The van der Waals surface area contributed by atoms with Crippen LogP contribution < -0.4 is 10.5 Å². The molecule has 0 amide bonds. The predicted molar refractivity (Wildman–Crippen MR) is 71.5 cm³/mol. The largest absolute Gasteiger partial charge is 0.493 e. The number of hydrogen-bond donors (Lipinski definition) is 2. The highest BCUT2D eigenvalue weighted by Gasteiger charge is 2.26. The molecule has 112 valence electrons. The lowest BCUT2D eigenvalue weighted by molar-refractivity contribution is -0.136. The average Bonchev–Trinajstić information content (AvgIpc) is 2.41. The van der Waals surface area contributed by atoms with Crippen molar-refractivity contribution < 1.29 is 23.1 Å². The summed E-state index contributed by atoms with van der Waals surface area (Å²) in [6.07, 6.45) is -3.45. The van der Waals surface area contributed by atoms with Crippen LogP contribution in [0.25, 0.3) is 0 Å². The monoisotopic (exact) mass is 308 g/mol. The number of thioether (sulfide) groups is 1. The maximum Gasteiger partial charge on any atom is 0.389 e. The van der Waals surface area contributed by atoms with Crippen molar-refractivity contribution in [1.82, 2.24) is 0 Å². The molecule has 3 N–H and O–H groups in total. The quantitative estimate of drug-likeness (QED) is 0.211. The molecule has 0 aliphatic rings. The summed E-state index contributed by atoms with van der Waals surface area (Å²) in [6.45, 7) is -0.0942. The van der Waals surface area contributed by atoms with Gasteiger partial charge in [-0.05, 0) is 24.8 Å². The molecule has 1 rings (SSSR count). The van der Waals surface area contributed by atoms with Crippen LogP contribution in [-0.4, -0.2) is 30.1 Å². The zero-order valence-electron chi connectivity index (χ0n) is 10.8. The van der Waals surface area contributed by atoms with Gasteiger partial charge in [-0.2, -0.15) is 13.2 Å². The van der Waals surface area contributed by atoms with Crippen LogP contribution >= 0.6 is 11.8 Å². The molecule has 8 heteroatoms. The first kappa shape index (κ1) is 16.5. The highest BCUT2D eigenvalue weighted by molar-refractivity contribution is 7.98. The Balaban J connectivity index is 2.79. The minimum atomic E-state index is -4.20. The Bertz CT molecular complexity index is 478. The summed E-state index contributed by atoms with van der Waals surface area (Å²) in [5, 5.41) is 11.7. The Kier molecular flexibility index (Phi) is 6.00. The molecular weight excluding hydrogens is 293 g/mol. The molecule has 1 aromatic rings. The van der Waals surface area contributed by atoms with Crippen LogP contribution in [0, 0.1) is 0 Å². The van der Waals surface area contributed by atoms with Crippen molar-refractivity contribution in [2.45, 2.75) is 23.9 Å². The fourth-order valence-electron chi connectivity index (χ4n) is 1.56. The van der Waals surface area contributed by atoms with E-state index >= 15 is 0 Å². The van der Waals surface area contributed by atoms with E-state index in [0.29, 0.717) is 16.2 Å². The van der Waals surface area contributed by atoms with Crippen molar-refractivity contribution in [2.75, 3.05) is 12.9 Å². The van der Waals surface area contributed by atoms with Crippen molar-refractivity contribution in [3.05, 3.63) is 23.8 Å². The number of alkyl halides is 3. The first-order valence-electron chi connectivity index (χ1n) is 5.73. The normalized spacial score (nSPS) is 12.5. The summed E-state index contributed by atoms with van der Waals surface area (Å²) in [5.41, 5.74) is 5.96. The molecule has 0 bridgehead atoms. The van der Waals surface area contributed by atoms with Crippen molar-refractivity contribution in [2.24, 2.45) is 10.9 Å². The number of hydrogen-bond acceptors (Lipinski definition) is 4. The number of oxime groups is 1. The molecule has 0 saturated carbocycles. The number of ether oxygens (including phenoxy) is 1. The summed E-state index contributed by atoms with van der Waals surface area (Å²) < 4.78 is 41.4. The molecule has 20 heavy (non-hydrogen) atoms. The van der Waals surface area contributed by atoms with Crippen LogP contribution in [0.1, 0.15) is 18.4 Å². The predicted octanol–water partition coefficient (Wildman–Crippen LogP) is 3.22. The van der Waals surface area contributed by atoms with Gasteiger partial charge in [-0.15, -0.1) is 11.8 Å². The number of halogens is 3. The van der Waals surface area contributed by atoms with Gasteiger partial charge in [-0.25, -0.2) is 0 Å². The van der Waals surface area contributed by atoms with Crippen LogP contribution in [0.4, 0.5) is 13.2 Å². The van der Waals surface area contributed by atoms with Crippen molar-refractivity contribution >= 4 is 17.6 Å². The van der Waals surface area contributed by atoms with Gasteiger partial charge in [0, 0.05) is 11.3 Å². The fraction of sp³-hybridized carbons (Fsp3) is 0.417. The van der Waals surface area contributed by atoms with E-state index in [0.717, 1.165) is 0 Å². The van der Waals surface area contributed by atoms with E-state index in [9.17, 15) is 13.2 Å². The van der Waals surface area contributed by atoms with Gasteiger partial charge in [-0.1, -0.05) is 11.2 Å². The molecule has 0 aromatic heterocycles. The zero-order chi connectivity index (χ0) is 15.2. The van der Waals surface area contributed by atoms with E-state index in [4.69, 9.17) is 15.7 Å². The third-order valence-corrected chi connectivity index (χ3v) is 3.21. The highest BCUT2D eigenvalue weighted by atomic mass is 32.2. The number of nitrogens with two attached hydrogens (primary N) is 1. The Morgan fingerprint density at radius 2 is 2.15 bits per heavy atom. The van der Waals surface area contributed by atoms with E-state index in [1.54, 1.807) is 24.5 Å². The second kappa shape index (κ2) is 7.28. The van der Waals surface area contributed by atoms with Gasteiger partial charge in [0.1, 0.15) is 5.75 Å². The molecule has 1 aromatic carbocycles. The highest BCUT2D eigenvalue weighted by Crippen LogP contribution is 2.29. The lowest BCUT2D eigenvalue weighted by Gasteiger charge is -2.14. The second-order valence-electron chi connectivity index (χ2n) is 3.89. The van der Waals surface area contributed by atoms with Crippen LogP contribution in [0.3, 0.4) is 0 Å². The van der Waals surface area contributed by atoms with Gasteiger partial charge < -0.3 is 15.7 Å². The van der Waals surface area contributed by atoms with Crippen molar-refractivity contribution in [3.8, 4) is 5.75 Å². The van der Waals surface area contributed by atoms with Gasteiger partial charge in [0.05, 0.1) is 12.2 Å². The van der Waals surface area contributed by atoms with E-state index in [2.05, 4.69) is 5.16 Å². The standard InChI is InChI=1S/C12H15F3N2O2S/c1-20-9-5-2-4-8(10(9)11(16)17-18)19-7-3-6-12(13,14)15/h2,4-5,18H,3,6-7H2,1H3,(H2,16,17). The minimum Gasteiger partial charge on any atom is -0.493 e. The van der Waals surface area contributed by atoms with Crippen LogP contribution in [-0.2, 0) is 0 Å². The third-order valence-electron chi connectivity index (χ3n) is 2.43. The van der Waals surface area contributed by atoms with E-state index in [-0.39, 0.29) is 18.9 Å². The van der Waals surface area contributed by atoms with Gasteiger partial charge in [0.2, 0.25) is 0 Å². The van der Waals surface area contributed by atoms with Gasteiger partial charge >= 0.3 is 6.18 Å².